The van der Waals surface area contributed by atoms with Gasteiger partial charge in [-0.2, -0.15) is 23.5 Å². The van der Waals surface area contributed by atoms with Crippen molar-refractivity contribution in [2.75, 3.05) is 17.3 Å². The number of rotatable bonds is 3. The summed E-state index contributed by atoms with van der Waals surface area (Å²) in [7, 11) is 0. The summed E-state index contributed by atoms with van der Waals surface area (Å²) in [4.78, 5) is 0. The van der Waals surface area contributed by atoms with Crippen LogP contribution < -0.4 is 5.73 Å². The molecule has 3 unspecified atom stereocenters. The summed E-state index contributed by atoms with van der Waals surface area (Å²) >= 11 is 4.15. The molecule has 1 heterocycles. The molecule has 1 aromatic carbocycles. The van der Waals surface area contributed by atoms with Crippen molar-refractivity contribution in [3.63, 3.8) is 0 Å². The Morgan fingerprint density at radius 3 is 2.94 bits per heavy atom. The molecule has 3 atom stereocenters. The zero-order valence-electron chi connectivity index (χ0n) is 9.97. The molecule has 1 fully saturated rings. The van der Waals surface area contributed by atoms with Gasteiger partial charge < -0.3 is 5.73 Å². The molecule has 1 aromatic rings. The summed E-state index contributed by atoms with van der Waals surface area (Å²) in [5.74, 6) is 4.57. The molecule has 2 aliphatic rings. The van der Waals surface area contributed by atoms with E-state index in [1.807, 2.05) is 0 Å². The van der Waals surface area contributed by atoms with Crippen LogP contribution in [0, 0.1) is 0 Å². The topological polar surface area (TPSA) is 26.0 Å². The number of benzene rings is 1. The molecule has 2 N–H and O–H groups in total. The first-order valence-electron chi connectivity index (χ1n) is 6.37. The van der Waals surface area contributed by atoms with Gasteiger partial charge in [0, 0.05) is 28.6 Å². The van der Waals surface area contributed by atoms with E-state index in [1.54, 1.807) is 5.56 Å². The lowest BCUT2D eigenvalue weighted by molar-refractivity contribution is 0.485. The molecule has 0 radical (unpaired) electrons. The van der Waals surface area contributed by atoms with Gasteiger partial charge in [0.2, 0.25) is 0 Å². The van der Waals surface area contributed by atoms with E-state index in [9.17, 15) is 0 Å². The summed E-state index contributed by atoms with van der Waals surface area (Å²) in [5, 5.41) is 0.682. The molecule has 92 valence electrons. The normalized spacial score (nSPS) is 29.2. The third-order valence-corrected chi connectivity index (χ3v) is 6.78. The third-order valence-electron chi connectivity index (χ3n) is 3.84. The van der Waals surface area contributed by atoms with E-state index in [4.69, 9.17) is 5.73 Å². The number of nitrogens with two attached hydrogens (primary N) is 1. The van der Waals surface area contributed by atoms with Crippen LogP contribution >= 0.6 is 23.5 Å². The quantitative estimate of drug-likeness (QED) is 0.910. The first-order valence-corrected chi connectivity index (χ1v) is 8.57. The highest BCUT2D eigenvalue weighted by Crippen LogP contribution is 2.39. The van der Waals surface area contributed by atoms with Crippen molar-refractivity contribution in [1.82, 2.24) is 0 Å². The Balaban J connectivity index is 1.58. The van der Waals surface area contributed by atoms with Gasteiger partial charge in [-0.05, 0) is 29.9 Å². The van der Waals surface area contributed by atoms with Crippen molar-refractivity contribution in [1.29, 1.82) is 0 Å². The molecular formula is C14H19NS2. The molecule has 0 spiro atoms. The van der Waals surface area contributed by atoms with E-state index >= 15 is 0 Å². The fraction of sp³-hybridized carbons (Fsp3) is 0.571. The Bertz CT molecular complexity index is 388. The zero-order chi connectivity index (χ0) is 11.7. The van der Waals surface area contributed by atoms with Gasteiger partial charge in [-0.1, -0.05) is 24.3 Å². The molecule has 0 amide bonds. The summed E-state index contributed by atoms with van der Waals surface area (Å²) in [5.41, 5.74) is 9.47. The third kappa shape index (κ3) is 2.51. The molecule has 1 aliphatic carbocycles. The highest BCUT2D eigenvalue weighted by atomic mass is 32.2. The highest BCUT2D eigenvalue weighted by molar-refractivity contribution is 8.06. The molecule has 1 saturated heterocycles. The van der Waals surface area contributed by atoms with Crippen molar-refractivity contribution in [2.24, 2.45) is 5.73 Å². The van der Waals surface area contributed by atoms with Crippen molar-refractivity contribution in [2.45, 2.75) is 30.1 Å². The average molecular weight is 265 g/mol. The van der Waals surface area contributed by atoms with Gasteiger partial charge in [0.15, 0.2) is 0 Å². The maximum atomic E-state index is 6.38. The highest BCUT2D eigenvalue weighted by Gasteiger charge is 2.30. The van der Waals surface area contributed by atoms with Crippen LogP contribution in [0.2, 0.25) is 0 Å². The van der Waals surface area contributed by atoms with E-state index in [-0.39, 0.29) is 0 Å². The lowest BCUT2D eigenvalue weighted by Gasteiger charge is -2.35. The van der Waals surface area contributed by atoms with Gasteiger partial charge >= 0.3 is 0 Å². The lowest BCUT2D eigenvalue weighted by Crippen LogP contribution is -2.39. The Labute approximate surface area is 112 Å². The van der Waals surface area contributed by atoms with Crippen LogP contribution in [0.25, 0.3) is 0 Å². The second-order valence-electron chi connectivity index (χ2n) is 4.98. The van der Waals surface area contributed by atoms with Crippen molar-refractivity contribution < 1.29 is 0 Å². The minimum absolute atomic E-state index is 0.381. The molecular weight excluding hydrogens is 246 g/mol. The van der Waals surface area contributed by atoms with Crippen LogP contribution in [-0.4, -0.2) is 28.6 Å². The van der Waals surface area contributed by atoms with Gasteiger partial charge in [-0.15, -0.1) is 0 Å². The van der Waals surface area contributed by atoms with E-state index in [1.165, 1.54) is 35.7 Å². The first-order chi connectivity index (χ1) is 8.34. The fourth-order valence-corrected chi connectivity index (χ4v) is 5.64. The Hall–Kier alpha value is -0.120. The summed E-state index contributed by atoms with van der Waals surface area (Å²) in [6, 6.07) is 9.21. The van der Waals surface area contributed by atoms with E-state index in [0.29, 0.717) is 11.3 Å². The van der Waals surface area contributed by atoms with E-state index in [2.05, 4.69) is 47.8 Å². The van der Waals surface area contributed by atoms with Crippen LogP contribution in [0.5, 0.6) is 0 Å². The molecule has 0 aromatic heterocycles. The smallest absolute Gasteiger partial charge is 0.0290 e. The van der Waals surface area contributed by atoms with Gasteiger partial charge in [-0.25, -0.2) is 0 Å². The van der Waals surface area contributed by atoms with Gasteiger partial charge in [0.1, 0.15) is 0 Å². The van der Waals surface area contributed by atoms with Crippen LogP contribution in [-0.2, 0) is 6.42 Å². The number of thioether (sulfide) groups is 2. The van der Waals surface area contributed by atoms with Crippen molar-refractivity contribution >= 4 is 23.5 Å². The Kier molecular flexibility index (Phi) is 3.69. The minimum atomic E-state index is 0.381. The molecule has 3 heteroatoms. The summed E-state index contributed by atoms with van der Waals surface area (Å²) in [6.45, 7) is 0. The van der Waals surface area contributed by atoms with E-state index < -0.39 is 0 Å². The van der Waals surface area contributed by atoms with E-state index in [0.717, 1.165) is 5.92 Å². The predicted molar refractivity (Wildman–Crippen MR) is 79.1 cm³/mol. The monoisotopic (exact) mass is 265 g/mol. The molecule has 0 bridgehead atoms. The standard InChI is InChI=1S/C14H19NS2/c15-13(14-9-16-5-6-17-14)8-11-7-10-3-1-2-4-12(10)11/h1-4,11,13-14H,5-9,15H2. The van der Waals surface area contributed by atoms with Crippen molar-refractivity contribution in [3.8, 4) is 0 Å². The Morgan fingerprint density at radius 1 is 1.29 bits per heavy atom. The van der Waals surface area contributed by atoms with Crippen LogP contribution in [0.15, 0.2) is 24.3 Å². The first kappa shape index (κ1) is 11.9. The van der Waals surface area contributed by atoms with Crippen molar-refractivity contribution in [3.05, 3.63) is 35.4 Å². The SMILES string of the molecule is NC(CC1Cc2ccccc21)C1CSCCS1. The maximum Gasteiger partial charge on any atom is 0.0290 e. The van der Waals surface area contributed by atoms with Crippen LogP contribution in [0.1, 0.15) is 23.5 Å². The second-order valence-corrected chi connectivity index (χ2v) is 7.48. The van der Waals surface area contributed by atoms with Crippen LogP contribution in [0.3, 0.4) is 0 Å². The maximum absolute atomic E-state index is 6.38. The predicted octanol–water partition coefficient (Wildman–Crippen LogP) is 2.89. The molecule has 17 heavy (non-hydrogen) atoms. The summed E-state index contributed by atoms with van der Waals surface area (Å²) < 4.78 is 0. The second kappa shape index (κ2) is 5.25. The zero-order valence-corrected chi connectivity index (χ0v) is 11.6. The average Bonchev–Trinajstić information content (AvgIpc) is 2.37. The minimum Gasteiger partial charge on any atom is -0.327 e. The lowest BCUT2D eigenvalue weighted by atomic mass is 9.74. The molecule has 3 rings (SSSR count). The molecule has 0 saturated carbocycles. The van der Waals surface area contributed by atoms with Crippen LogP contribution in [0.4, 0.5) is 0 Å². The van der Waals surface area contributed by atoms with Gasteiger partial charge in [0.25, 0.3) is 0 Å². The Morgan fingerprint density at radius 2 is 2.18 bits per heavy atom. The number of fused-ring (bicyclic) bond motifs is 1. The van der Waals surface area contributed by atoms with Gasteiger partial charge in [-0.3, -0.25) is 0 Å². The number of hydrogen-bond acceptors (Lipinski definition) is 3. The summed E-state index contributed by atoms with van der Waals surface area (Å²) in [6.07, 6.45) is 2.42. The number of hydrogen-bond donors (Lipinski definition) is 1. The largest absolute Gasteiger partial charge is 0.327 e. The molecule has 1 nitrogen and oxygen atoms in total. The molecule has 1 aliphatic heterocycles. The fourth-order valence-electron chi connectivity index (χ4n) is 2.81. The van der Waals surface area contributed by atoms with Gasteiger partial charge in [0.05, 0.1) is 0 Å².